The van der Waals surface area contributed by atoms with Crippen LogP contribution in [0.3, 0.4) is 0 Å². The molecule has 0 saturated heterocycles. The highest BCUT2D eigenvalue weighted by molar-refractivity contribution is 5.87. The lowest BCUT2D eigenvalue weighted by molar-refractivity contribution is 0.0686. The minimum absolute atomic E-state index is 0.310. The zero-order valence-electron chi connectivity index (χ0n) is 23.9. The maximum absolute atomic E-state index is 10.2. The van der Waals surface area contributed by atoms with Crippen molar-refractivity contribution >= 4 is 11.9 Å². The Labute approximate surface area is 230 Å². The molecule has 0 aliphatic rings. The van der Waals surface area contributed by atoms with Gasteiger partial charge in [-0.05, 0) is 68.7 Å². The predicted octanol–water partition coefficient (Wildman–Crippen LogP) is 7.71. The van der Waals surface area contributed by atoms with Crippen LogP contribution >= 0.6 is 0 Å². The van der Waals surface area contributed by atoms with Crippen LogP contribution < -0.4 is 0 Å². The standard InChI is InChI=1S/C11H22.2C7H6O2.C7H16O2/c1-5-10(6-2)9-11(7-3)8-4;2*8-7(9)6-4-2-1-3-5-6;1-3-4-7(9)5-6(2)8/h5,10-11H,1,6-9H2,2-4H3;2*1-5H,(H,8,9);6-9H,3-5H2,1-2H3. The second kappa shape index (κ2) is 24.4. The third kappa shape index (κ3) is 21.2. The Bertz CT molecular complexity index is 782. The zero-order valence-corrected chi connectivity index (χ0v) is 23.9. The molecule has 0 aromatic heterocycles. The Morgan fingerprint density at radius 3 is 1.42 bits per heavy atom. The van der Waals surface area contributed by atoms with Crippen LogP contribution in [-0.4, -0.2) is 44.6 Å². The Morgan fingerprint density at radius 2 is 1.18 bits per heavy atom. The molecule has 0 radical (unpaired) electrons. The zero-order chi connectivity index (χ0) is 29.3. The molecule has 2 aromatic rings. The van der Waals surface area contributed by atoms with E-state index in [1.165, 1.54) is 25.7 Å². The van der Waals surface area contributed by atoms with Crippen LogP contribution in [0.2, 0.25) is 0 Å². The fourth-order valence-electron chi connectivity index (χ4n) is 3.49. The smallest absolute Gasteiger partial charge is 0.335 e. The fraction of sp³-hybridized carbons (Fsp3) is 0.500. The van der Waals surface area contributed by atoms with Crippen molar-refractivity contribution in [3.8, 4) is 0 Å². The van der Waals surface area contributed by atoms with Gasteiger partial charge in [0.1, 0.15) is 0 Å². The second-order valence-electron chi connectivity index (χ2n) is 9.19. The van der Waals surface area contributed by atoms with Crippen LogP contribution in [0.15, 0.2) is 73.3 Å². The van der Waals surface area contributed by atoms with Crippen molar-refractivity contribution in [2.24, 2.45) is 11.8 Å². The van der Waals surface area contributed by atoms with Crippen LogP contribution in [0.4, 0.5) is 0 Å². The monoisotopic (exact) mass is 530 g/mol. The number of carbonyl (C=O) groups is 2. The predicted molar refractivity (Wildman–Crippen MR) is 157 cm³/mol. The van der Waals surface area contributed by atoms with Crippen molar-refractivity contribution in [2.45, 2.75) is 91.8 Å². The number of hydrogen-bond donors (Lipinski definition) is 4. The van der Waals surface area contributed by atoms with Crippen molar-refractivity contribution in [1.29, 1.82) is 0 Å². The summed E-state index contributed by atoms with van der Waals surface area (Å²) in [5.74, 6) is -0.0935. The minimum atomic E-state index is -0.879. The molecule has 6 heteroatoms. The average Bonchev–Trinajstić information content (AvgIpc) is 2.91. The van der Waals surface area contributed by atoms with Gasteiger partial charge in [0, 0.05) is 0 Å². The molecule has 2 aromatic carbocycles. The van der Waals surface area contributed by atoms with Gasteiger partial charge in [0.15, 0.2) is 0 Å². The van der Waals surface area contributed by atoms with Crippen molar-refractivity contribution in [2.75, 3.05) is 0 Å². The molecule has 0 amide bonds. The molecule has 214 valence electrons. The molecule has 0 heterocycles. The van der Waals surface area contributed by atoms with Gasteiger partial charge in [0.05, 0.1) is 23.3 Å². The SMILES string of the molecule is C=CC(CC)CC(CC)CC.CCCC(O)CC(C)O.O=C(O)c1ccccc1.O=C(O)c1ccccc1. The van der Waals surface area contributed by atoms with Gasteiger partial charge >= 0.3 is 11.9 Å². The molecule has 0 saturated carbocycles. The summed E-state index contributed by atoms with van der Waals surface area (Å²) < 4.78 is 0. The number of aliphatic hydroxyl groups is 2. The minimum Gasteiger partial charge on any atom is -0.478 e. The van der Waals surface area contributed by atoms with Crippen LogP contribution in [0.5, 0.6) is 0 Å². The summed E-state index contributed by atoms with van der Waals surface area (Å²) in [6.45, 7) is 14.4. The van der Waals surface area contributed by atoms with Gasteiger partial charge in [0.2, 0.25) is 0 Å². The highest BCUT2D eigenvalue weighted by Gasteiger charge is 2.08. The molecule has 2 rings (SSSR count). The van der Waals surface area contributed by atoms with Gasteiger partial charge < -0.3 is 20.4 Å². The highest BCUT2D eigenvalue weighted by atomic mass is 16.4. The first-order valence-corrected chi connectivity index (χ1v) is 13.6. The van der Waals surface area contributed by atoms with E-state index in [2.05, 4.69) is 33.4 Å². The van der Waals surface area contributed by atoms with E-state index in [1.807, 2.05) is 6.92 Å². The molecule has 0 aliphatic carbocycles. The summed E-state index contributed by atoms with van der Waals surface area (Å²) in [5, 5.41) is 34.6. The Kier molecular flexibility index (Phi) is 23.9. The topological polar surface area (TPSA) is 115 Å². The van der Waals surface area contributed by atoms with E-state index in [0.29, 0.717) is 17.5 Å². The molecule has 3 unspecified atom stereocenters. The molecule has 0 aliphatic heterocycles. The molecule has 0 spiro atoms. The normalized spacial score (nSPS) is 12.2. The molecule has 0 bridgehead atoms. The molecule has 38 heavy (non-hydrogen) atoms. The lowest BCUT2D eigenvalue weighted by Gasteiger charge is -2.16. The molecule has 0 fully saturated rings. The van der Waals surface area contributed by atoms with Gasteiger partial charge in [0.25, 0.3) is 0 Å². The van der Waals surface area contributed by atoms with E-state index in [0.717, 1.165) is 24.7 Å². The Hall–Kier alpha value is -2.96. The van der Waals surface area contributed by atoms with E-state index in [9.17, 15) is 9.59 Å². The first-order chi connectivity index (χ1) is 18.1. The van der Waals surface area contributed by atoms with Gasteiger partial charge in [-0.1, -0.05) is 89.4 Å². The van der Waals surface area contributed by atoms with Crippen LogP contribution in [0, 0.1) is 11.8 Å². The maximum atomic E-state index is 10.2. The van der Waals surface area contributed by atoms with Crippen LogP contribution in [0.1, 0.15) is 100 Å². The van der Waals surface area contributed by atoms with Crippen molar-refractivity contribution in [1.82, 2.24) is 0 Å². The largest absolute Gasteiger partial charge is 0.478 e. The number of carboxylic acid groups (broad SMARTS) is 2. The second-order valence-corrected chi connectivity index (χ2v) is 9.19. The summed E-state index contributed by atoms with van der Waals surface area (Å²) in [5.41, 5.74) is 0.662. The van der Waals surface area contributed by atoms with E-state index >= 15 is 0 Å². The highest BCUT2D eigenvalue weighted by Crippen LogP contribution is 2.21. The van der Waals surface area contributed by atoms with Crippen LogP contribution in [0.25, 0.3) is 0 Å². The van der Waals surface area contributed by atoms with E-state index in [1.54, 1.807) is 67.6 Å². The number of hydrogen-bond acceptors (Lipinski definition) is 4. The Morgan fingerprint density at radius 1 is 0.763 bits per heavy atom. The number of aliphatic hydroxyl groups excluding tert-OH is 2. The first-order valence-electron chi connectivity index (χ1n) is 13.6. The number of rotatable bonds is 12. The average molecular weight is 531 g/mol. The number of allylic oxidation sites excluding steroid dienone is 1. The summed E-state index contributed by atoms with van der Waals surface area (Å²) in [4.78, 5) is 20.4. The number of carboxylic acids is 2. The third-order valence-electron chi connectivity index (χ3n) is 5.93. The van der Waals surface area contributed by atoms with Gasteiger partial charge in [-0.2, -0.15) is 0 Å². The summed E-state index contributed by atoms with van der Waals surface area (Å²) >= 11 is 0. The molecular weight excluding hydrogens is 480 g/mol. The number of benzene rings is 2. The molecular formula is C32H50O6. The van der Waals surface area contributed by atoms with E-state index < -0.39 is 11.9 Å². The van der Waals surface area contributed by atoms with Gasteiger partial charge in [-0.25, -0.2) is 9.59 Å². The molecule has 6 nitrogen and oxygen atoms in total. The maximum Gasteiger partial charge on any atom is 0.335 e. The lowest BCUT2D eigenvalue weighted by Crippen LogP contribution is -2.13. The number of aromatic carboxylic acids is 2. The summed E-state index contributed by atoms with van der Waals surface area (Å²) in [6, 6.07) is 16.6. The van der Waals surface area contributed by atoms with Crippen LogP contribution in [-0.2, 0) is 0 Å². The lowest BCUT2D eigenvalue weighted by atomic mass is 9.89. The quantitative estimate of drug-likeness (QED) is 0.209. The third-order valence-corrected chi connectivity index (χ3v) is 5.93. The van der Waals surface area contributed by atoms with Gasteiger partial charge in [-0.15, -0.1) is 6.58 Å². The molecule has 4 N–H and O–H groups in total. The van der Waals surface area contributed by atoms with Crippen molar-refractivity contribution < 1.29 is 30.0 Å². The van der Waals surface area contributed by atoms with Crippen molar-refractivity contribution in [3.63, 3.8) is 0 Å². The van der Waals surface area contributed by atoms with E-state index in [4.69, 9.17) is 20.4 Å². The van der Waals surface area contributed by atoms with Gasteiger partial charge in [-0.3, -0.25) is 0 Å². The summed E-state index contributed by atoms with van der Waals surface area (Å²) in [6.07, 6.45) is 8.95. The fourth-order valence-corrected chi connectivity index (χ4v) is 3.49. The summed E-state index contributed by atoms with van der Waals surface area (Å²) in [7, 11) is 0. The Balaban J connectivity index is 0. The van der Waals surface area contributed by atoms with E-state index in [-0.39, 0.29) is 12.2 Å². The first kappa shape index (κ1) is 37.2. The van der Waals surface area contributed by atoms with Crippen molar-refractivity contribution in [3.05, 3.63) is 84.4 Å². The molecule has 3 atom stereocenters.